The van der Waals surface area contributed by atoms with Gasteiger partial charge in [0, 0.05) is 21.7 Å². The number of carbonyl (C=O) groups excluding carboxylic acids is 6. The van der Waals surface area contributed by atoms with E-state index >= 15 is 0 Å². The normalized spacial score (nSPS) is 10.4. The first-order valence-corrected chi connectivity index (χ1v) is 9.29. The van der Waals surface area contributed by atoms with Crippen molar-refractivity contribution < 1.29 is 70.2 Å². The molecule has 0 radical (unpaired) electrons. The van der Waals surface area contributed by atoms with Crippen LogP contribution >= 0.6 is 0 Å². The van der Waals surface area contributed by atoms with Crippen LogP contribution in [0.4, 0.5) is 0 Å². The second-order valence-electron chi connectivity index (χ2n) is 5.94. The minimum atomic E-state index is -0.787. The second-order valence-corrected chi connectivity index (χ2v) is 5.94. The van der Waals surface area contributed by atoms with E-state index in [0.29, 0.717) is 13.2 Å². The van der Waals surface area contributed by atoms with Gasteiger partial charge in [0.2, 0.25) is 0 Å². The monoisotopic (exact) mass is 484 g/mol. The Kier molecular flexibility index (Phi) is 33.7. The fourth-order valence-electron chi connectivity index (χ4n) is 0.831. The van der Waals surface area contributed by atoms with E-state index in [0.717, 1.165) is 0 Å². The van der Waals surface area contributed by atoms with Crippen LogP contribution < -0.4 is 0 Å². The number of hydrogen-bond donors (Lipinski definition) is 2. The van der Waals surface area contributed by atoms with Crippen LogP contribution in [-0.2, 0) is 60.0 Å². The Labute approximate surface area is 198 Å². The van der Waals surface area contributed by atoms with E-state index in [4.69, 9.17) is 10.2 Å². The van der Waals surface area contributed by atoms with Crippen LogP contribution in [0.1, 0.15) is 68.2 Å². The average molecular weight is 484 g/mol. The summed E-state index contributed by atoms with van der Waals surface area (Å²) in [4.78, 5) is 61.1. The van der Waals surface area contributed by atoms with Gasteiger partial charge >= 0.3 is 11.9 Å². The first kappa shape index (κ1) is 39.7. The quantitative estimate of drug-likeness (QED) is 0.288. The fourth-order valence-corrected chi connectivity index (χ4v) is 0.831. The van der Waals surface area contributed by atoms with Gasteiger partial charge in [0.05, 0.1) is 13.2 Å². The SMILES string of the molecule is CC(=O)C(C)O.CC(=O)C(C)O.CCOC(=O)CC(C)=O.CCOC(=O)CC(C)=O.[Ti]. The minimum absolute atomic E-state index is 0. The van der Waals surface area contributed by atoms with Gasteiger partial charge in [0.25, 0.3) is 0 Å². The third-order valence-corrected chi connectivity index (χ3v) is 2.57. The summed E-state index contributed by atoms with van der Waals surface area (Å²) in [6, 6.07) is 0. The summed E-state index contributed by atoms with van der Waals surface area (Å²) in [5.74, 6) is -1.57. The van der Waals surface area contributed by atoms with Crippen LogP contribution in [0, 0.1) is 0 Å². The standard InChI is InChI=1S/2C6H10O3.2C4H8O2.Ti/c2*1-3-9-6(8)4-5(2)7;2*1-3(5)4(2)6;/h2*3-4H2,1-2H3;2*3,5H,1-2H3;. The van der Waals surface area contributed by atoms with Gasteiger partial charge < -0.3 is 19.7 Å². The number of Topliss-reactive ketones (excluding diaryl/α,β-unsaturated/α-hetero) is 4. The predicted octanol–water partition coefficient (Wildman–Crippen LogP) is 0.967. The Morgan fingerprint density at radius 2 is 0.839 bits per heavy atom. The van der Waals surface area contributed by atoms with Crippen molar-refractivity contribution in [3.8, 4) is 0 Å². The third-order valence-electron chi connectivity index (χ3n) is 2.57. The first-order chi connectivity index (χ1) is 13.6. The molecule has 2 atom stereocenters. The molecule has 0 spiro atoms. The molecule has 0 fully saturated rings. The van der Waals surface area contributed by atoms with Crippen LogP contribution in [-0.4, -0.2) is 70.7 Å². The summed E-state index contributed by atoms with van der Waals surface area (Å²) in [7, 11) is 0. The van der Waals surface area contributed by atoms with Crippen molar-refractivity contribution in [3.05, 3.63) is 0 Å². The van der Waals surface area contributed by atoms with Gasteiger partial charge in [0.1, 0.15) is 36.6 Å². The molecule has 11 heteroatoms. The van der Waals surface area contributed by atoms with Crippen molar-refractivity contribution >= 4 is 35.1 Å². The molecule has 0 aromatic carbocycles. The number of aliphatic hydroxyl groups excluding tert-OH is 2. The molecule has 0 aliphatic heterocycles. The van der Waals surface area contributed by atoms with E-state index in [1.165, 1.54) is 41.5 Å². The second kappa shape index (κ2) is 26.3. The summed E-state index contributed by atoms with van der Waals surface area (Å²) in [5.41, 5.74) is 0. The topological polar surface area (TPSA) is 161 Å². The van der Waals surface area contributed by atoms with Crippen molar-refractivity contribution in [1.29, 1.82) is 0 Å². The largest absolute Gasteiger partial charge is 0.466 e. The molecule has 0 saturated carbocycles. The molecule has 0 bridgehead atoms. The number of hydrogen-bond acceptors (Lipinski definition) is 10. The van der Waals surface area contributed by atoms with E-state index in [-0.39, 0.29) is 57.7 Å². The zero-order valence-corrected chi connectivity index (χ0v) is 21.2. The maximum atomic E-state index is 10.4. The van der Waals surface area contributed by atoms with E-state index in [1.807, 2.05) is 0 Å². The van der Waals surface area contributed by atoms with E-state index < -0.39 is 24.1 Å². The molecule has 2 unspecified atom stereocenters. The molecule has 2 N–H and O–H groups in total. The minimum Gasteiger partial charge on any atom is -0.466 e. The van der Waals surface area contributed by atoms with Gasteiger partial charge in [-0.15, -0.1) is 0 Å². The van der Waals surface area contributed by atoms with Crippen LogP contribution in [0.2, 0.25) is 0 Å². The number of rotatable bonds is 8. The van der Waals surface area contributed by atoms with E-state index in [2.05, 4.69) is 9.47 Å². The van der Waals surface area contributed by atoms with Crippen molar-refractivity contribution in [2.75, 3.05) is 13.2 Å². The average Bonchev–Trinajstić information content (AvgIpc) is 2.55. The molecule has 180 valence electrons. The molecular weight excluding hydrogens is 448 g/mol. The van der Waals surface area contributed by atoms with Gasteiger partial charge in [-0.2, -0.15) is 0 Å². The summed E-state index contributed by atoms with van der Waals surface area (Å²) >= 11 is 0. The maximum Gasteiger partial charge on any atom is 0.313 e. The van der Waals surface area contributed by atoms with E-state index in [1.54, 1.807) is 13.8 Å². The molecule has 0 aromatic heterocycles. The van der Waals surface area contributed by atoms with Crippen molar-refractivity contribution in [1.82, 2.24) is 0 Å². The summed E-state index contributed by atoms with van der Waals surface area (Å²) in [5, 5.41) is 16.6. The Hall–Kier alpha value is -1.75. The number of carbonyl (C=O) groups is 6. The Morgan fingerprint density at radius 1 is 0.645 bits per heavy atom. The molecule has 0 amide bonds. The fraction of sp³-hybridized carbons (Fsp3) is 0.700. The van der Waals surface area contributed by atoms with Crippen molar-refractivity contribution in [2.24, 2.45) is 0 Å². The number of aliphatic hydroxyl groups is 2. The van der Waals surface area contributed by atoms with E-state index in [9.17, 15) is 28.8 Å². The van der Waals surface area contributed by atoms with Crippen LogP contribution in [0.15, 0.2) is 0 Å². The third kappa shape index (κ3) is 47.5. The molecular formula is C20H36O10Ti. The molecule has 0 aliphatic rings. The molecule has 0 saturated heterocycles. The molecule has 0 rings (SSSR count). The van der Waals surface area contributed by atoms with Crippen LogP contribution in [0.25, 0.3) is 0 Å². The number of esters is 2. The Balaban J connectivity index is -0.0000000977. The Bertz CT molecular complexity index is 494. The smallest absolute Gasteiger partial charge is 0.313 e. The predicted molar refractivity (Wildman–Crippen MR) is 109 cm³/mol. The van der Waals surface area contributed by atoms with Gasteiger partial charge in [-0.25, -0.2) is 0 Å². The molecule has 0 heterocycles. The maximum absolute atomic E-state index is 10.4. The number of ether oxygens (including phenoxy) is 2. The van der Waals surface area contributed by atoms with Crippen molar-refractivity contribution in [3.63, 3.8) is 0 Å². The van der Waals surface area contributed by atoms with Crippen molar-refractivity contribution in [2.45, 2.75) is 80.4 Å². The van der Waals surface area contributed by atoms with Crippen LogP contribution in [0.5, 0.6) is 0 Å². The van der Waals surface area contributed by atoms with Gasteiger partial charge in [0.15, 0.2) is 11.6 Å². The van der Waals surface area contributed by atoms with Crippen LogP contribution in [0.3, 0.4) is 0 Å². The summed E-state index contributed by atoms with van der Waals surface area (Å²) in [6.45, 7) is 12.4. The zero-order chi connectivity index (χ0) is 24.9. The van der Waals surface area contributed by atoms with Gasteiger partial charge in [-0.05, 0) is 55.4 Å². The molecule has 0 aliphatic carbocycles. The first-order valence-electron chi connectivity index (χ1n) is 9.29. The number of ketones is 4. The summed E-state index contributed by atoms with van der Waals surface area (Å²) < 4.78 is 8.99. The van der Waals surface area contributed by atoms with Gasteiger partial charge in [-0.1, -0.05) is 0 Å². The zero-order valence-electron chi connectivity index (χ0n) is 19.6. The van der Waals surface area contributed by atoms with Gasteiger partial charge in [-0.3, -0.25) is 28.8 Å². The molecule has 10 nitrogen and oxygen atoms in total. The molecule has 0 aromatic rings. The molecule has 31 heavy (non-hydrogen) atoms. The Morgan fingerprint density at radius 3 is 0.935 bits per heavy atom. The summed E-state index contributed by atoms with van der Waals surface area (Å²) in [6.07, 6.45) is -1.78.